The molecule has 6 heteroatoms. The first-order valence-corrected chi connectivity index (χ1v) is 8.68. The zero-order valence-electron chi connectivity index (χ0n) is 15.3. The average Bonchev–Trinajstić information content (AvgIpc) is 2.64. The smallest absolute Gasteiger partial charge is 0.314 e. The van der Waals surface area contributed by atoms with Gasteiger partial charge in [-0.25, -0.2) is 0 Å². The van der Waals surface area contributed by atoms with Crippen LogP contribution in [-0.4, -0.2) is 25.0 Å². The summed E-state index contributed by atoms with van der Waals surface area (Å²) in [5.74, 6) is -0.382. The molecule has 2 rings (SSSR count). The first-order chi connectivity index (χ1) is 12.6. The van der Waals surface area contributed by atoms with E-state index in [0.717, 1.165) is 12.0 Å². The van der Waals surface area contributed by atoms with Crippen LogP contribution in [0.1, 0.15) is 26.3 Å². The Bertz CT molecular complexity index is 757. The van der Waals surface area contributed by atoms with E-state index in [1.807, 2.05) is 32.9 Å². The number of amides is 2. The second kappa shape index (κ2) is 9.46. The molecule has 0 atom stereocenters. The topological polar surface area (TPSA) is 76.7 Å². The molecule has 6 nitrogen and oxygen atoms in total. The van der Waals surface area contributed by atoms with E-state index in [1.54, 1.807) is 30.3 Å². The number of benzene rings is 2. The Balaban J connectivity index is 2.03. The van der Waals surface area contributed by atoms with Crippen molar-refractivity contribution in [1.29, 1.82) is 0 Å². The Morgan fingerprint density at radius 2 is 1.31 bits per heavy atom. The summed E-state index contributed by atoms with van der Waals surface area (Å²) in [6.07, 6.45) is 0.911. The van der Waals surface area contributed by atoms with Crippen LogP contribution in [0.25, 0.3) is 0 Å². The Kier molecular flexibility index (Phi) is 7.02. The molecule has 2 aromatic carbocycles. The van der Waals surface area contributed by atoms with Crippen molar-refractivity contribution in [2.75, 3.05) is 23.8 Å². The third kappa shape index (κ3) is 5.24. The second-order valence-electron chi connectivity index (χ2n) is 5.49. The molecule has 2 N–H and O–H groups in total. The molecule has 26 heavy (non-hydrogen) atoms. The minimum atomic E-state index is -0.754. The molecular formula is C20H24N2O4. The predicted molar refractivity (Wildman–Crippen MR) is 102 cm³/mol. The Morgan fingerprint density at radius 3 is 1.88 bits per heavy atom. The summed E-state index contributed by atoms with van der Waals surface area (Å²) >= 11 is 0. The number of ether oxygens (including phenoxy) is 2. The van der Waals surface area contributed by atoms with Crippen molar-refractivity contribution in [1.82, 2.24) is 0 Å². The van der Waals surface area contributed by atoms with Gasteiger partial charge in [0.1, 0.15) is 0 Å². The summed E-state index contributed by atoms with van der Waals surface area (Å²) in [7, 11) is 0. The SMILES string of the molecule is CCOc1ccc(NC(=O)C(=O)Nc2ccc(CC)cc2)cc1OCC. The quantitative estimate of drug-likeness (QED) is 0.743. The number of hydrogen-bond donors (Lipinski definition) is 2. The number of hydrogen-bond acceptors (Lipinski definition) is 4. The van der Waals surface area contributed by atoms with Crippen LogP contribution in [-0.2, 0) is 16.0 Å². The summed E-state index contributed by atoms with van der Waals surface area (Å²) in [4.78, 5) is 24.2. The lowest BCUT2D eigenvalue weighted by atomic mass is 10.1. The average molecular weight is 356 g/mol. The van der Waals surface area contributed by atoms with Gasteiger partial charge < -0.3 is 20.1 Å². The normalized spacial score (nSPS) is 10.1. The minimum Gasteiger partial charge on any atom is -0.490 e. The number of carbonyl (C=O) groups excluding carboxylic acids is 2. The molecule has 2 aromatic rings. The van der Waals surface area contributed by atoms with Crippen molar-refractivity contribution in [3.05, 3.63) is 48.0 Å². The summed E-state index contributed by atoms with van der Waals surface area (Å²) in [6.45, 7) is 6.76. The lowest BCUT2D eigenvalue weighted by molar-refractivity contribution is -0.132. The molecular weight excluding hydrogens is 332 g/mol. The van der Waals surface area contributed by atoms with Gasteiger partial charge in [0.25, 0.3) is 0 Å². The molecule has 0 bridgehead atoms. The van der Waals surface area contributed by atoms with Gasteiger partial charge >= 0.3 is 11.8 Å². The molecule has 0 aliphatic rings. The minimum absolute atomic E-state index is 0.457. The highest BCUT2D eigenvalue weighted by Crippen LogP contribution is 2.30. The molecule has 0 spiro atoms. The first-order valence-electron chi connectivity index (χ1n) is 8.68. The zero-order valence-corrected chi connectivity index (χ0v) is 15.3. The van der Waals surface area contributed by atoms with E-state index in [4.69, 9.17) is 9.47 Å². The number of carbonyl (C=O) groups is 2. The second-order valence-corrected chi connectivity index (χ2v) is 5.49. The highest BCUT2D eigenvalue weighted by molar-refractivity contribution is 6.43. The fourth-order valence-electron chi connectivity index (χ4n) is 2.33. The summed E-state index contributed by atoms with van der Waals surface area (Å²) in [6, 6.07) is 12.4. The molecule has 0 heterocycles. The molecule has 0 radical (unpaired) electrons. The maximum Gasteiger partial charge on any atom is 0.314 e. The van der Waals surface area contributed by atoms with Crippen LogP contribution in [0.2, 0.25) is 0 Å². The van der Waals surface area contributed by atoms with Crippen molar-refractivity contribution in [3.63, 3.8) is 0 Å². The fourth-order valence-corrected chi connectivity index (χ4v) is 2.33. The van der Waals surface area contributed by atoms with Crippen LogP contribution in [0.4, 0.5) is 11.4 Å². The molecule has 0 saturated carbocycles. The number of aryl methyl sites for hydroxylation is 1. The van der Waals surface area contributed by atoms with Gasteiger partial charge in [-0.3, -0.25) is 9.59 Å². The van der Waals surface area contributed by atoms with E-state index in [0.29, 0.717) is 36.1 Å². The van der Waals surface area contributed by atoms with Gasteiger partial charge in [0.2, 0.25) is 0 Å². The van der Waals surface area contributed by atoms with Crippen LogP contribution in [0.3, 0.4) is 0 Å². The molecule has 0 saturated heterocycles. The van der Waals surface area contributed by atoms with Gasteiger partial charge in [-0.05, 0) is 50.1 Å². The summed E-state index contributed by atoms with van der Waals surface area (Å²) < 4.78 is 11.0. The highest BCUT2D eigenvalue weighted by atomic mass is 16.5. The van der Waals surface area contributed by atoms with Gasteiger partial charge in [0, 0.05) is 17.4 Å². The molecule has 0 fully saturated rings. The van der Waals surface area contributed by atoms with Crippen LogP contribution in [0, 0.1) is 0 Å². The van der Waals surface area contributed by atoms with Crippen molar-refractivity contribution >= 4 is 23.2 Å². The predicted octanol–water partition coefficient (Wildman–Crippen LogP) is 3.62. The molecule has 0 aliphatic carbocycles. The number of nitrogens with one attached hydrogen (secondary N) is 2. The van der Waals surface area contributed by atoms with Crippen LogP contribution < -0.4 is 20.1 Å². The lowest BCUT2D eigenvalue weighted by Crippen LogP contribution is -2.29. The summed E-state index contributed by atoms with van der Waals surface area (Å²) in [5, 5.41) is 5.14. The van der Waals surface area contributed by atoms with Gasteiger partial charge in [-0.1, -0.05) is 19.1 Å². The van der Waals surface area contributed by atoms with E-state index >= 15 is 0 Å². The van der Waals surface area contributed by atoms with E-state index in [-0.39, 0.29) is 0 Å². The maximum absolute atomic E-state index is 12.1. The van der Waals surface area contributed by atoms with Crippen molar-refractivity contribution in [2.45, 2.75) is 27.2 Å². The molecule has 0 aliphatic heterocycles. The molecule has 0 unspecified atom stereocenters. The van der Waals surface area contributed by atoms with Crippen LogP contribution in [0.15, 0.2) is 42.5 Å². The monoisotopic (exact) mass is 356 g/mol. The lowest BCUT2D eigenvalue weighted by Gasteiger charge is -2.13. The van der Waals surface area contributed by atoms with Gasteiger partial charge in [-0.2, -0.15) is 0 Å². The highest BCUT2D eigenvalue weighted by Gasteiger charge is 2.15. The third-order valence-electron chi connectivity index (χ3n) is 3.63. The van der Waals surface area contributed by atoms with Crippen molar-refractivity contribution in [3.8, 4) is 11.5 Å². The number of rotatable bonds is 7. The Labute approximate surface area is 153 Å². The molecule has 138 valence electrons. The van der Waals surface area contributed by atoms with Crippen LogP contribution >= 0.6 is 0 Å². The zero-order chi connectivity index (χ0) is 18.9. The van der Waals surface area contributed by atoms with Crippen molar-refractivity contribution in [2.24, 2.45) is 0 Å². The Morgan fingerprint density at radius 1 is 0.769 bits per heavy atom. The first kappa shape index (κ1) is 19.3. The van der Waals surface area contributed by atoms with Crippen LogP contribution in [0.5, 0.6) is 11.5 Å². The van der Waals surface area contributed by atoms with Gasteiger partial charge in [0.15, 0.2) is 11.5 Å². The van der Waals surface area contributed by atoms with Gasteiger partial charge in [-0.15, -0.1) is 0 Å². The molecule has 2 amide bonds. The Hall–Kier alpha value is -3.02. The maximum atomic E-state index is 12.1. The largest absolute Gasteiger partial charge is 0.490 e. The van der Waals surface area contributed by atoms with Crippen molar-refractivity contribution < 1.29 is 19.1 Å². The fraction of sp³-hybridized carbons (Fsp3) is 0.300. The third-order valence-corrected chi connectivity index (χ3v) is 3.63. The van der Waals surface area contributed by atoms with Gasteiger partial charge in [0.05, 0.1) is 13.2 Å². The van der Waals surface area contributed by atoms with E-state index in [1.165, 1.54) is 0 Å². The van der Waals surface area contributed by atoms with E-state index in [2.05, 4.69) is 10.6 Å². The molecule has 0 aromatic heterocycles. The number of anilines is 2. The van der Waals surface area contributed by atoms with E-state index < -0.39 is 11.8 Å². The van der Waals surface area contributed by atoms with E-state index in [9.17, 15) is 9.59 Å². The summed E-state index contributed by atoms with van der Waals surface area (Å²) in [5.41, 5.74) is 2.19. The standard InChI is InChI=1S/C20H24N2O4/c1-4-14-7-9-15(10-8-14)21-19(23)20(24)22-16-11-12-17(25-5-2)18(13-16)26-6-3/h7-13H,4-6H2,1-3H3,(H,21,23)(H,22,24).